The summed E-state index contributed by atoms with van der Waals surface area (Å²) in [5.74, 6) is -0.228. The third-order valence-corrected chi connectivity index (χ3v) is 4.73. The summed E-state index contributed by atoms with van der Waals surface area (Å²) in [6, 6.07) is 15.2. The number of aromatic nitrogens is 2. The summed E-state index contributed by atoms with van der Waals surface area (Å²) in [7, 11) is 0. The predicted octanol–water partition coefficient (Wildman–Crippen LogP) is 3.61. The molecule has 0 unspecified atom stereocenters. The molecule has 4 rings (SSSR count). The lowest BCUT2D eigenvalue weighted by Crippen LogP contribution is -2.37. The van der Waals surface area contributed by atoms with Crippen molar-refractivity contribution in [2.24, 2.45) is 0 Å². The van der Waals surface area contributed by atoms with Crippen molar-refractivity contribution in [3.63, 3.8) is 0 Å². The number of morpholine rings is 1. The van der Waals surface area contributed by atoms with Crippen LogP contribution in [0.4, 0.5) is 11.4 Å². The van der Waals surface area contributed by atoms with Gasteiger partial charge in [0.2, 0.25) is 0 Å². The van der Waals surface area contributed by atoms with Crippen molar-refractivity contribution < 1.29 is 9.53 Å². The van der Waals surface area contributed by atoms with Crippen molar-refractivity contribution in [3.05, 3.63) is 71.5 Å². The topological polar surface area (TPSA) is 59.4 Å². The fourth-order valence-electron chi connectivity index (χ4n) is 3.08. The molecular weight excluding hydrogens is 364 g/mol. The van der Waals surface area contributed by atoms with Gasteiger partial charge in [-0.3, -0.25) is 4.79 Å². The van der Waals surface area contributed by atoms with E-state index in [2.05, 4.69) is 15.3 Å². The van der Waals surface area contributed by atoms with E-state index in [-0.39, 0.29) is 5.91 Å². The van der Waals surface area contributed by atoms with Crippen LogP contribution in [0.15, 0.2) is 60.9 Å². The fourth-order valence-corrected chi connectivity index (χ4v) is 3.38. The van der Waals surface area contributed by atoms with Gasteiger partial charge in [-0.15, -0.1) is 0 Å². The number of anilines is 2. The van der Waals surface area contributed by atoms with Crippen molar-refractivity contribution in [2.45, 2.75) is 0 Å². The second-order valence-electron chi connectivity index (χ2n) is 6.20. The predicted molar refractivity (Wildman–Crippen MR) is 106 cm³/mol. The summed E-state index contributed by atoms with van der Waals surface area (Å²) in [6.45, 7) is 2.75. The average Bonchev–Trinajstić information content (AvgIpc) is 3.20. The summed E-state index contributed by atoms with van der Waals surface area (Å²) < 4.78 is 7.09. The highest BCUT2D eigenvalue weighted by atomic mass is 35.5. The van der Waals surface area contributed by atoms with E-state index < -0.39 is 0 Å². The zero-order valence-electron chi connectivity index (χ0n) is 14.6. The molecule has 1 aliphatic rings. The second kappa shape index (κ2) is 7.82. The minimum Gasteiger partial charge on any atom is -0.378 e. The van der Waals surface area contributed by atoms with Gasteiger partial charge >= 0.3 is 0 Å². The van der Waals surface area contributed by atoms with Gasteiger partial charge in [-0.25, -0.2) is 4.68 Å². The maximum Gasteiger partial charge on any atom is 0.258 e. The smallest absolute Gasteiger partial charge is 0.258 e. The quantitative estimate of drug-likeness (QED) is 0.748. The lowest BCUT2D eigenvalue weighted by atomic mass is 10.2. The first-order chi connectivity index (χ1) is 13.2. The molecule has 0 spiro atoms. The first-order valence-corrected chi connectivity index (χ1v) is 9.13. The van der Waals surface area contributed by atoms with Crippen LogP contribution in [-0.4, -0.2) is 42.0 Å². The number of hydrogen-bond donors (Lipinski definition) is 1. The van der Waals surface area contributed by atoms with Crippen molar-refractivity contribution in [1.29, 1.82) is 0 Å². The molecule has 0 atom stereocenters. The van der Waals surface area contributed by atoms with Crippen LogP contribution in [0.25, 0.3) is 5.69 Å². The number of hydrogen-bond acceptors (Lipinski definition) is 4. The number of carbonyl (C=O) groups is 1. The summed E-state index contributed by atoms with van der Waals surface area (Å²) >= 11 is 6.43. The molecule has 3 aromatic rings. The number of para-hydroxylation sites is 2. The SMILES string of the molecule is O=C(Nc1cccc(Cl)c1N1CCOCC1)c1cnn(-c2ccccc2)c1. The van der Waals surface area contributed by atoms with Crippen LogP contribution in [0.5, 0.6) is 0 Å². The maximum atomic E-state index is 12.8. The Labute approximate surface area is 162 Å². The third-order valence-electron chi connectivity index (χ3n) is 4.43. The van der Waals surface area contributed by atoms with E-state index in [1.807, 2.05) is 48.5 Å². The highest BCUT2D eigenvalue weighted by Crippen LogP contribution is 2.34. The van der Waals surface area contributed by atoms with Crippen LogP contribution in [0.1, 0.15) is 10.4 Å². The molecule has 7 heteroatoms. The Morgan fingerprint density at radius 1 is 1.07 bits per heavy atom. The maximum absolute atomic E-state index is 12.8. The van der Waals surface area contributed by atoms with E-state index in [0.717, 1.165) is 24.5 Å². The number of benzene rings is 2. The molecule has 138 valence electrons. The van der Waals surface area contributed by atoms with Crippen molar-refractivity contribution in [3.8, 4) is 5.69 Å². The number of rotatable bonds is 4. The van der Waals surface area contributed by atoms with Gasteiger partial charge in [-0.2, -0.15) is 5.10 Å². The van der Waals surface area contributed by atoms with E-state index in [9.17, 15) is 4.79 Å². The molecule has 1 aromatic heterocycles. The zero-order valence-corrected chi connectivity index (χ0v) is 15.4. The first-order valence-electron chi connectivity index (χ1n) is 8.75. The van der Waals surface area contributed by atoms with Gasteiger partial charge in [0.1, 0.15) is 0 Å². The van der Waals surface area contributed by atoms with Crippen LogP contribution in [0.2, 0.25) is 5.02 Å². The molecule has 1 saturated heterocycles. The van der Waals surface area contributed by atoms with E-state index in [1.165, 1.54) is 0 Å². The minimum absolute atomic E-state index is 0.228. The Hall–Kier alpha value is -2.83. The van der Waals surface area contributed by atoms with E-state index in [1.54, 1.807) is 17.1 Å². The molecule has 1 amide bonds. The first kappa shape index (κ1) is 17.6. The summed E-state index contributed by atoms with van der Waals surface area (Å²) in [5, 5.41) is 7.86. The van der Waals surface area contributed by atoms with Gasteiger partial charge in [0.15, 0.2) is 0 Å². The van der Waals surface area contributed by atoms with Crippen molar-refractivity contribution in [1.82, 2.24) is 9.78 Å². The summed E-state index contributed by atoms with van der Waals surface area (Å²) in [5.41, 5.74) is 2.88. The van der Waals surface area contributed by atoms with Crippen LogP contribution >= 0.6 is 11.6 Å². The van der Waals surface area contributed by atoms with Gasteiger partial charge in [-0.1, -0.05) is 35.9 Å². The Morgan fingerprint density at radius 2 is 1.85 bits per heavy atom. The molecular formula is C20H19ClN4O2. The van der Waals surface area contributed by atoms with Gasteiger partial charge in [0.25, 0.3) is 5.91 Å². The number of carbonyl (C=O) groups excluding carboxylic acids is 1. The molecule has 0 radical (unpaired) electrons. The molecule has 0 saturated carbocycles. The van der Waals surface area contributed by atoms with Crippen LogP contribution in [-0.2, 0) is 4.74 Å². The number of amides is 1. The summed E-state index contributed by atoms with van der Waals surface area (Å²) in [6.07, 6.45) is 3.27. The van der Waals surface area contributed by atoms with Gasteiger partial charge in [0.05, 0.1) is 47.1 Å². The number of ether oxygens (including phenoxy) is 1. The Kier molecular flexibility index (Phi) is 5.09. The van der Waals surface area contributed by atoms with E-state index >= 15 is 0 Å². The number of nitrogens with zero attached hydrogens (tertiary/aromatic N) is 3. The van der Waals surface area contributed by atoms with E-state index in [4.69, 9.17) is 16.3 Å². The zero-order chi connectivity index (χ0) is 18.6. The van der Waals surface area contributed by atoms with Crippen molar-refractivity contribution >= 4 is 28.9 Å². The lowest BCUT2D eigenvalue weighted by molar-refractivity contribution is 0.102. The molecule has 0 aliphatic carbocycles. The number of halogens is 1. The highest BCUT2D eigenvalue weighted by Gasteiger charge is 2.20. The monoisotopic (exact) mass is 382 g/mol. The summed E-state index contributed by atoms with van der Waals surface area (Å²) in [4.78, 5) is 14.9. The molecule has 1 aliphatic heterocycles. The average molecular weight is 383 g/mol. The Bertz CT molecular complexity index is 936. The Morgan fingerprint density at radius 3 is 2.63 bits per heavy atom. The highest BCUT2D eigenvalue weighted by molar-refractivity contribution is 6.34. The molecule has 6 nitrogen and oxygen atoms in total. The molecule has 1 N–H and O–H groups in total. The molecule has 0 bridgehead atoms. The second-order valence-corrected chi connectivity index (χ2v) is 6.61. The van der Waals surface area contributed by atoms with Crippen LogP contribution < -0.4 is 10.2 Å². The molecule has 27 heavy (non-hydrogen) atoms. The van der Waals surface area contributed by atoms with Crippen LogP contribution in [0.3, 0.4) is 0 Å². The molecule has 2 heterocycles. The lowest BCUT2D eigenvalue weighted by Gasteiger charge is -2.31. The van der Waals surface area contributed by atoms with Crippen molar-refractivity contribution in [2.75, 3.05) is 36.5 Å². The fraction of sp³-hybridized carbons (Fsp3) is 0.200. The van der Waals surface area contributed by atoms with Gasteiger partial charge < -0.3 is 15.0 Å². The normalized spacial score (nSPS) is 14.2. The molecule has 2 aromatic carbocycles. The standard InChI is InChI=1S/C20H19ClN4O2/c21-17-7-4-8-18(19(17)24-9-11-27-12-10-24)23-20(26)15-13-22-25(14-15)16-5-2-1-3-6-16/h1-8,13-14H,9-12H2,(H,23,26). The van der Waals surface area contributed by atoms with Gasteiger partial charge in [-0.05, 0) is 24.3 Å². The van der Waals surface area contributed by atoms with Crippen LogP contribution in [0, 0.1) is 0 Å². The Balaban J connectivity index is 1.57. The minimum atomic E-state index is -0.228. The number of nitrogens with one attached hydrogen (secondary N) is 1. The largest absolute Gasteiger partial charge is 0.378 e. The van der Waals surface area contributed by atoms with Gasteiger partial charge in [0, 0.05) is 19.3 Å². The third kappa shape index (κ3) is 3.82. The molecule has 1 fully saturated rings. The van der Waals surface area contributed by atoms with E-state index in [0.29, 0.717) is 29.5 Å².